The minimum atomic E-state index is 0.478. The van der Waals surface area contributed by atoms with Gasteiger partial charge in [-0.3, -0.25) is 0 Å². The molecule has 0 aromatic carbocycles. The van der Waals surface area contributed by atoms with Crippen molar-refractivity contribution in [1.29, 1.82) is 0 Å². The van der Waals surface area contributed by atoms with E-state index in [2.05, 4.69) is 49.1 Å². The number of pyridine rings is 1. The molecule has 3 nitrogen and oxygen atoms in total. The van der Waals surface area contributed by atoms with E-state index in [1.807, 2.05) is 13.2 Å². The normalized spacial score (nSPS) is 10.8. The lowest BCUT2D eigenvalue weighted by atomic mass is 10.2. The molecule has 1 N–H and O–H groups in total. The molecule has 0 spiro atoms. The maximum absolute atomic E-state index is 4.50. The van der Waals surface area contributed by atoms with E-state index >= 15 is 0 Å². The summed E-state index contributed by atoms with van der Waals surface area (Å²) in [5.74, 6) is 1.07. The highest BCUT2D eigenvalue weighted by Crippen LogP contribution is 2.18. The molecule has 0 bridgehead atoms. The summed E-state index contributed by atoms with van der Waals surface area (Å²) in [5.41, 5.74) is 2.47. The first-order chi connectivity index (χ1) is 7.06. The first kappa shape index (κ1) is 12.0. The van der Waals surface area contributed by atoms with E-state index in [1.54, 1.807) is 0 Å². The van der Waals surface area contributed by atoms with Crippen molar-refractivity contribution in [3.63, 3.8) is 0 Å². The summed E-state index contributed by atoms with van der Waals surface area (Å²) in [6.07, 6.45) is 1.94. The van der Waals surface area contributed by atoms with Gasteiger partial charge in [-0.2, -0.15) is 0 Å². The van der Waals surface area contributed by atoms with Gasteiger partial charge in [0.15, 0.2) is 0 Å². The van der Waals surface area contributed by atoms with Crippen LogP contribution >= 0.6 is 0 Å². The summed E-state index contributed by atoms with van der Waals surface area (Å²) < 4.78 is 0. The van der Waals surface area contributed by atoms with E-state index in [0.717, 1.165) is 12.4 Å². The molecule has 1 rings (SSSR count). The zero-order valence-corrected chi connectivity index (χ0v) is 10.3. The van der Waals surface area contributed by atoms with Gasteiger partial charge in [-0.05, 0) is 45.0 Å². The first-order valence-corrected chi connectivity index (χ1v) is 5.39. The van der Waals surface area contributed by atoms with Crippen molar-refractivity contribution in [3.05, 3.63) is 23.4 Å². The second kappa shape index (κ2) is 5.12. The predicted octanol–water partition coefficient (Wildman–Crippen LogP) is 1.95. The van der Waals surface area contributed by atoms with Crippen molar-refractivity contribution in [1.82, 2.24) is 10.3 Å². The van der Waals surface area contributed by atoms with Crippen LogP contribution in [0.15, 0.2) is 12.3 Å². The lowest BCUT2D eigenvalue weighted by molar-refractivity contribution is 0.737. The molecule has 3 heteroatoms. The number of aryl methyl sites for hydroxylation is 1. The standard InChI is InChI=1S/C12H21N3/c1-9(2)15(5)12-10(3)6-11(7-13-4)8-14-12/h6,8-9,13H,7H2,1-5H3. The molecule has 0 saturated heterocycles. The number of hydrogen-bond donors (Lipinski definition) is 1. The minimum absolute atomic E-state index is 0.478. The van der Waals surface area contributed by atoms with Gasteiger partial charge in [0.2, 0.25) is 0 Å². The Balaban J connectivity index is 2.92. The van der Waals surface area contributed by atoms with Crippen LogP contribution in [0.1, 0.15) is 25.0 Å². The van der Waals surface area contributed by atoms with Crippen molar-refractivity contribution in [2.45, 2.75) is 33.4 Å². The van der Waals surface area contributed by atoms with E-state index in [0.29, 0.717) is 6.04 Å². The molecule has 0 atom stereocenters. The molecule has 0 fully saturated rings. The molecule has 0 saturated carbocycles. The second-order valence-corrected chi connectivity index (χ2v) is 4.22. The van der Waals surface area contributed by atoms with Gasteiger partial charge < -0.3 is 10.2 Å². The second-order valence-electron chi connectivity index (χ2n) is 4.22. The Labute approximate surface area is 92.5 Å². The van der Waals surface area contributed by atoms with Crippen LogP contribution in [0.2, 0.25) is 0 Å². The number of nitrogens with one attached hydrogen (secondary N) is 1. The van der Waals surface area contributed by atoms with Crippen molar-refractivity contribution >= 4 is 5.82 Å². The molecule has 84 valence electrons. The summed E-state index contributed by atoms with van der Waals surface area (Å²) >= 11 is 0. The third-order valence-corrected chi connectivity index (χ3v) is 2.60. The van der Waals surface area contributed by atoms with Crippen molar-refractivity contribution < 1.29 is 0 Å². The average molecular weight is 207 g/mol. The fourth-order valence-corrected chi connectivity index (χ4v) is 1.54. The zero-order chi connectivity index (χ0) is 11.4. The van der Waals surface area contributed by atoms with Gasteiger partial charge >= 0.3 is 0 Å². The minimum Gasteiger partial charge on any atom is -0.357 e. The molecule has 15 heavy (non-hydrogen) atoms. The van der Waals surface area contributed by atoms with Gasteiger partial charge in [-0.15, -0.1) is 0 Å². The molecular formula is C12H21N3. The Morgan fingerprint density at radius 2 is 2.13 bits per heavy atom. The van der Waals surface area contributed by atoms with E-state index in [1.165, 1.54) is 11.1 Å². The fraction of sp³-hybridized carbons (Fsp3) is 0.583. The van der Waals surface area contributed by atoms with E-state index in [4.69, 9.17) is 0 Å². The maximum Gasteiger partial charge on any atom is 0.131 e. The molecule has 0 aliphatic rings. The van der Waals surface area contributed by atoms with Crippen LogP contribution in [-0.4, -0.2) is 25.1 Å². The summed E-state index contributed by atoms with van der Waals surface area (Å²) in [6.45, 7) is 7.32. The average Bonchev–Trinajstić information content (AvgIpc) is 2.17. The third kappa shape index (κ3) is 2.93. The summed E-state index contributed by atoms with van der Waals surface area (Å²) in [4.78, 5) is 6.70. The monoisotopic (exact) mass is 207 g/mol. The van der Waals surface area contributed by atoms with E-state index in [-0.39, 0.29) is 0 Å². The molecule has 0 unspecified atom stereocenters. The van der Waals surface area contributed by atoms with E-state index < -0.39 is 0 Å². The fourth-order valence-electron chi connectivity index (χ4n) is 1.54. The van der Waals surface area contributed by atoms with Crippen LogP contribution in [0.4, 0.5) is 5.82 Å². The number of hydrogen-bond acceptors (Lipinski definition) is 3. The molecule has 1 aromatic rings. The Hall–Kier alpha value is -1.09. The maximum atomic E-state index is 4.50. The third-order valence-electron chi connectivity index (χ3n) is 2.60. The zero-order valence-electron chi connectivity index (χ0n) is 10.3. The molecule has 0 amide bonds. The van der Waals surface area contributed by atoms with Crippen LogP contribution in [-0.2, 0) is 6.54 Å². The quantitative estimate of drug-likeness (QED) is 0.818. The van der Waals surface area contributed by atoms with Gasteiger partial charge in [-0.1, -0.05) is 0 Å². The molecule has 1 aromatic heterocycles. The highest BCUT2D eigenvalue weighted by atomic mass is 15.2. The Bertz CT molecular complexity index is 321. The Morgan fingerprint density at radius 3 is 2.60 bits per heavy atom. The van der Waals surface area contributed by atoms with Gasteiger partial charge in [0.05, 0.1) is 0 Å². The van der Waals surface area contributed by atoms with Gasteiger partial charge in [0, 0.05) is 25.8 Å². The van der Waals surface area contributed by atoms with Gasteiger partial charge in [0.25, 0.3) is 0 Å². The molecule has 0 aliphatic carbocycles. The lowest BCUT2D eigenvalue weighted by Crippen LogP contribution is -2.27. The number of anilines is 1. The van der Waals surface area contributed by atoms with Crippen LogP contribution < -0.4 is 10.2 Å². The molecule has 1 heterocycles. The van der Waals surface area contributed by atoms with Crippen LogP contribution in [0.25, 0.3) is 0 Å². The molecule has 0 aliphatic heterocycles. The van der Waals surface area contributed by atoms with Crippen LogP contribution in [0.3, 0.4) is 0 Å². The van der Waals surface area contributed by atoms with E-state index in [9.17, 15) is 0 Å². The largest absolute Gasteiger partial charge is 0.357 e. The highest BCUT2D eigenvalue weighted by Gasteiger charge is 2.09. The van der Waals surface area contributed by atoms with Crippen LogP contribution in [0, 0.1) is 6.92 Å². The van der Waals surface area contributed by atoms with Crippen molar-refractivity contribution in [2.75, 3.05) is 19.0 Å². The topological polar surface area (TPSA) is 28.2 Å². The number of nitrogens with zero attached hydrogens (tertiary/aromatic N) is 2. The summed E-state index contributed by atoms with van der Waals surface area (Å²) in [5, 5.41) is 3.13. The molecule has 0 radical (unpaired) electrons. The Morgan fingerprint density at radius 1 is 1.47 bits per heavy atom. The smallest absolute Gasteiger partial charge is 0.131 e. The number of aromatic nitrogens is 1. The summed E-state index contributed by atoms with van der Waals surface area (Å²) in [6, 6.07) is 2.67. The van der Waals surface area contributed by atoms with Crippen molar-refractivity contribution in [2.24, 2.45) is 0 Å². The number of rotatable bonds is 4. The Kier molecular flexibility index (Phi) is 4.09. The first-order valence-electron chi connectivity index (χ1n) is 5.39. The van der Waals surface area contributed by atoms with Crippen LogP contribution in [0.5, 0.6) is 0 Å². The lowest BCUT2D eigenvalue weighted by Gasteiger charge is -2.24. The highest BCUT2D eigenvalue weighted by molar-refractivity contribution is 5.47. The molecular weight excluding hydrogens is 186 g/mol. The van der Waals surface area contributed by atoms with Crippen molar-refractivity contribution in [3.8, 4) is 0 Å². The predicted molar refractivity (Wildman–Crippen MR) is 65.3 cm³/mol. The van der Waals surface area contributed by atoms with Gasteiger partial charge in [-0.25, -0.2) is 4.98 Å². The summed E-state index contributed by atoms with van der Waals surface area (Å²) in [7, 11) is 4.03. The van der Waals surface area contributed by atoms with Gasteiger partial charge in [0.1, 0.15) is 5.82 Å². The SMILES string of the molecule is CNCc1cnc(N(C)C(C)C)c(C)c1.